The van der Waals surface area contributed by atoms with Crippen molar-refractivity contribution in [3.8, 4) is 0 Å². The molecule has 2 heterocycles. The molecule has 0 radical (unpaired) electrons. The van der Waals surface area contributed by atoms with Gasteiger partial charge in [-0.05, 0) is 56.3 Å². The van der Waals surface area contributed by atoms with Crippen LogP contribution in [0.25, 0.3) is 0 Å². The molecule has 1 fully saturated rings. The highest BCUT2D eigenvalue weighted by Gasteiger charge is 2.23. The number of pyridine rings is 1. The summed E-state index contributed by atoms with van der Waals surface area (Å²) in [6, 6.07) is 5.50. The summed E-state index contributed by atoms with van der Waals surface area (Å²) in [6.07, 6.45) is 7.62. The Balaban J connectivity index is 1.74. The molecule has 2 rings (SSSR count). The number of nitrogens with one attached hydrogen (secondary N) is 1. The van der Waals surface area contributed by atoms with Crippen molar-refractivity contribution in [3.63, 3.8) is 0 Å². The number of nitrogens with zero attached hydrogens (tertiary/aromatic N) is 2. The van der Waals surface area contributed by atoms with Gasteiger partial charge < -0.3 is 5.32 Å². The zero-order valence-electron chi connectivity index (χ0n) is 13.2. The van der Waals surface area contributed by atoms with Crippen molar-refractivity contribution in [2.75, 3.05) is 19.6 Å². The molecule has 0 spiro atoms. The highest BCUT2D eigenvalue weighted by atomic mass is 15.2. The van der Waals surface area contributed by atoms with E-state index in [1.165, 1.54) is 44.5 Å². The quantitative estimate of drug-likeness (QED) is 0.864. The van der Waals surface area contributed by atoms with Crippen molar-refractivity contribution in [2.45, 2.75) is 52.1 Å². The summed E-state index contributed by atoms with van der Waals surface area (Å²) in [5.41, 5.74) is 1.38. The third-order valence-electron chi connectivity index (χ3n) is 4.42. The van der Waals surface area contributed by atoms with Crippen molar-refractivity contribution in [1.82, 2.24) is 15.2 Å². The molecule has 1 aliphatic rings. The molecule has 1 aromatic heterocycles. The van der Waals surface area contributed by atoms with Gasteiger partial charge in [0.05, 0.1) is 0 Å². The number of hydrogen-bond acceptors (Lipinski definition) is 3. The molecule has 0 amide bonds. The Bertz CT molecular complexity index is 369. The normalized spacial score (nSPS) is 19.4. The third kappa shape index (κ3) is 4.57. The Morgan fingerprint density at radius 1 is 1.20 bits per heavy atom. The number of aromatic nitrogens is 1. The SMILES string of the molecule is CC(C)CCNC1CCN(C(C)c2ccncc2)CC1. The summed E-state index contributed by atoms with van der Waals surface area (Å²) in [7, 11) is 0. The maximum Gasteiger partial charge on any atom is 0.0321 e. The van der Waals surface area contributed by atoms with Crippen molar-refractivity contribution in [3.05, 3.63) is 30.1 Å². The number of piperidine rings is 1. The van der Waals surface area contributed by atoms with E-state index in [2.05, 4.69) is 48.1 Å². The highest BCUT2D eigenvalue weighted by Crippen LogP contribution is 2.23. The fraction of sp³-hybridized carbons (Fsp3) is 0.706. The second-order valence-electron chi connectivity index (χ2n) is 6.40. The highest BCUT2D eigenvalue weighted by molar-refractivity contribution is 5.14. The molecule has 1 aliphatic heterocycles. The van der Waals surface area contributed by atoms with Crippen LogP contribution >= 0.6 is 0 Å². The first-order valence-electron chi connectivity index (χ1n) is 8.04. The summed E-state index contributed by atoms with van der Waals surface area (Å²) < 4.78 is 0. The molecule has 0 saturated carbocycles. The van der Waals surface area contributed by atoms with E-state index >= 15 is 0 Å². The van der Waals surface area contributed by atoms with E-state index in [1.54, 1.807) is 0 Å². The summed E-state index contributed by atoms with van der Waals surface area (Å²) in [5.74, 6) is 0.800. The van der Waals surface area contributed by atoms with Gasteiger partial charge in [-0.15, -0.1) is 0 Å². The van der Waals surface area contributed by atoms with Crippen molar-refractivity contribution >= 4 is 0 Å². The number of likely N-dealkylation sites (tertiary alicyclic amines) is 1. The minimum atomic E-state index is 0.509. The lowest BCUT2D eigenvalue weighted by atomic mass is 10.0. The third-order valence-corrected chi connectivity index (χ3v) is 4.42. The first-order chi connectivity index (χ1) is 9.66. The fourth-order valence-corrected chi connectivity index (χ4v) is 2.92. The van der Waals surface area contributed by atoms with Crippen LogP contribution in [0.5, 0.6) is 0 Å². The molecule has 1 unspecified atom stereocenters. The van der Waals surface area contributed by atoms with E-state index in [9.17, 15) is 0 Å². The first kappa shape index (κ1) is 15.5. The van der Waals surface area contributed by atoms with Gasteiger partial charge in [0.1, 0.15) is 0 Å². The van der Waals surface area contributed by atoms with E-state index in [-0.39, 0.29) is 0 Å². The Hall–Kier alpha value is -0.930. The van der Waals surface area contributed by atoms with Crippen LogP contribution in [0.1, 0.15) is 51.6 Å². The summed E-state index contributed by atoms with van der Waals surface area (Å²) in [4.78, 5) is 6.70. The van der Waals surface area contributed by atoms with Gasteiger partial charge in [0.25, 0.3) is 0 Å². The monoisotopic (exact) mass is 275 g/mol. The first-order valence-corrected chi connectivity index (χ1v) is 8.04. The summed E-state index contributed by atoms with van der Waals surface area (Å²) in [6.45, 7) is 10.5. The van der Waals surface area contributed by atoms with Gasteiger partial charge in [-0.2, -0.15) is 0 Å². The number of hydrogen-bond donors (Lipinski definition) is 1. The van der Waals surface area contributed by atoms with Crippen LogP contribution in [0, 0.1) is 5.92 Å². The Labute approximate surface area is 123 Å². The standard InChI is InChI=1S/C17H29N3/c1-14(2)4-11-19-17-7-12-20(13-8-17)15(3)16-5-9-18-10-6-16/h5-6,9-10,14-15,17,19H,4,7-8,11-13H2,1-3H3. The molecule has 1 N–H and O–H groups in total. The Kier molecular flexibility index (Phi) is 5.99. The van der Waals surface area contributed by atoms with Gasteiger partial charge >= 0.3 is 0 Å². The summed E-state index contributed by atoms with van der Waals surface area (Å²) in [5, 5.41) is 3.72. The minimum absolute atomic E-state index is 0.509. The topological polar surface area (TPSA) is 28.2 Å². The van der Waals surface area contributed by atoms with Crippen LogP contribution in [0.3, 0.4) is 0 Å². The van der Waals surface area contributed by atoms with E-state index in [1.807, 2.05) is 12.4 Å². The molecule has 0 aliphatic carbocycles. The largest absolute Gasteiger partial charge is 0.314 e. The smallest absolute Gasteiger partial charge is 0.0321 e. The predicted molar refractivity (Wildman–Crippen MR) is 84.7 cm³/mol. The van der Waals surface area contributed by atoms with Crippen LogP contribution in [0.15, 0.2) is 24.5 Å². The molecular formula is C17H29N3. The van der Waals surface area contributed by atoms with Crippen LogP contribution in [-0.2, 0) is 0 Å². The molecular weight excluding hydrogens is 246 g/mol. The lowest BCUT2D eigenvalue weighted by Gasteiger charge is -2.36. The van der Waals surface area contributed by atoms with Crippen LogP contribution in [0.4, 0.5) is 0 Å². The average molecular weight is 275 g/mol. The molecule has 3 heteroatoms. The molecule has 112 valence electrons. The van der Waals surface area contributed by atoms with Gasteiger partial charge in [0.2, 0.25) is 0 Å². The molecule has 20 heavy (non-hydrogen) atoms. The van der Waals surface area contributed by atoms with E-state index in [0.717, 1.165) is 12.0 Å². The van der Waals surface area contributed by atoms with Crippen LogP contribution < -0.4 is 5.32 Å². The molecule has 0 aromatic carbocycles. The van der Waals surface area contributed by atoms with Crippen LogP contribution in [-0.4, -0.2) is 35.6 Å². The molecule has 3 nitrogen and oxygen atoms in total. The van der Waals surface area contributed by atoms with Gasteiger partial charge in [-0.25, -0.2) is 0 Å². The lowest BCUT2D eigenvalue weighted by Crippen LogP contribution is -2.43. The van der Waals surface area contributed by atoms with E-state index in [0.29, 0.717) is 6.04 Å². The fourth-order valence-electron chi connectivity index (χ4n) is 2.92. The van der Waals surface area contributed by atoms with Gasteiger partial charge in [-0.3, -0.25) is 9.88 Å². The summed E-state index contributed by atoms with van der Waals surface area (Å²) >= 11 is 0. The van der Waals surface area contributed by atoms with E-state index in [4.69, 9.17) is 0 Å². The van der Waals surface area contributed by atoms with E-state index < -0.39 is 0 Å². The zero-order valence-corrected chi connectivity index (χ0v) is 13.2. The zero-order chi connectivity index (χ0) is 14.4. The van der Waals surface area contributed by atoms with Gasteiger partial charge in [0, 0.05) is 37.6 Å². The van der Waals surface area contributed by atoms with Crippen LogP contribution in [0.2, 0.25) is 0 Å². The van der Waals surface area contributed by atoms with Crippen molar-refractivity contribution < 1.29 is 0 Å². The Morgan fingerprint density at radius 2 is 1.85 bits per heavy atom. The molecule has 1 atom stereocenters. The van der Waals surface area contributed by atoms with Gasteiger partial charge in [0.15, 0.2) is 0 Å². The maximum atomic E-state index is 4.10. The van der Waals surface area contributed by atoms with Crippen molar-refractivity contribution in [1.29, 1.82) is 0 Å². The second-order valence-corrected chi connectivity index (χ2v) is 6.40. The second kappa shape index (κ2) is 7.75. The minimum Gasteiger partial charge on any atom is -0.314 e. The van der Waals surface area contributed by atoms with Crippen molar-refractivity contribution in [2.24, 2.45) is 5.92 Å². The predicted octanol–water partition coefficient (Wildman–Crippen LogP) is 3.24. The maximum absolute atomic E-state index is 4.10. The Morgan fingerprint density at radius 3 is 2.45 bits per heavy atom. The lowest BCUT2D eigenvalue weighted by molar-refractivity contribution is 0.152. The van der Waals surface area contributed by atoms with Gasteiger partial charge in [-0.1, -0.05) is 13.8 Å². The molecule has 1 aromatic rings. The number of rotatable bonds is 6. The average Bonchev–Trinajstić information content (AvgIpc) is 2.48. The molecule has 0 bridgehead atoms. The molecule has 1 saturated heterocycles.